The van der Waals surface area contributed by atoms with E-state index >= 15 is 0 Å². The fraction of sp³-hybridized carbons (Fsp3) is 0.500. The molecule has 4 heteroatoms. The molecular formula is C14H17BrN2O. The van der Waals surface area contributed by atoms with E-state index in [1.54, 1.807) is 0 Å². The minimum Gasteiger partial charge on any atom is -0.340 e. The van der Waals surface area contributed by atoms with Gasteiger partial charge in [-0.05, 0) is 30.0 Å². The van der Waals surface area contributed by atoms with Crippen LogP contribution < -0.4 is 5.32 Å². The van der Waals surface area contributed by atoms with E-state index in [4.69, 9.17) is 0 Å². The molecule has 1 N–H and O–H groups in total. The Bertz CT molecular complexity index is 440. The molecule has 1 amide bonds. The lowest BCUT2D eigenvalue weighted by atomic mass is 10.1. The van der Waals surface area contributed by atoms with Crippen LogP contribution in [0.15, 0.2) is 28.7 Å². The Morgan fingerprint density at radius 1 is 1.22 bits per heavy atom. The van der Waals surface area contributed by atoms with Gasteiger partial charge in [0.1, 0.15) is 0 Å². The highest BCUT2D eigenvalue weighted by Gasteiger charge is 2.45. The summed E-state index contributed by atoms with van der Waals surface area (Å²) in [5.74, 6) is 1.02. The maximum absolute atomic E-state index is 12.3. The lowest BCUT2D eigenvalue weighted by Crippen LogP contribution is -2.47. The molecule has 96 valence electrons. The molecule has 3 nitrogen and oxygen atoms in total. The first-order valence-electron chi connectivity index (χ1n) is 6.50. The number of piperazine rings is 1. The van der Waals surface area contributed by atoms with Gasteiger partial charge in [0.15, 0.2) is 0 Å². The van der Waals surface area contributed by atoms with E-state index in [1.807, 2.05) is 4.90 Å². The van der Waals surface area contributed by atoms with Crippen molar-refractivity contribution in [1.29, 1.82) is 0 Å². The second-order valence-electron chi connectivity index (χ2n) is 5.08. The molecule has 0 unspecified atom stereocenters. The summed E-state index contributed by atoms with van der Waals surface area (Å²) in [4.78, 5) is 14.3. The quantitative estimate of drug-likeness (QED) is 0.906. The van der Waals surface area contributed by atoms with Crippen molar-refractivity contribution in [2.75, 3.05) is 26.2 Å². The molecule has 0 spiro atoms. The van der Waals surface area contributed by atoms with E-state index < -0.39 is 0 Å². The van der Waals surface area contributed by atoms with Gasteiger partial charge in [0, 0.05) is 36.6 Å². The summed E-state index contributed by atoms with van der Waals surface area (Å²) in [6.45, 7) is 3.59. The zero-order valence-corrected chi connectivity index (χ0v) is 11.8. The molecule has 1 saturated carbocycles. The predicted octanol–water partition coefficient (Wildman–Crippen LogP) is 1.98. The van der Waals surface area contributed by atoms with Crippen LogP contribution in [0.2, 0.25) is 0 Å². The molecule has 0 radical (unpaired) electrons. The lowest BCUT2D eigenvalue weighted by molar-refractivity contribution is -0.133. The number of nitrogens with zero attached hydrogens (tertiary/aromatic N) is 1. The van der Waals surface area contributed by atoms with Crippen molar-refractivity contribution >= 4 is 21.8 Å². The number of benzene rings is 1. The van der Waals surface area contributed by atoms with E-state index in [9.17, 15) is 4.79 Å². The third-order valence-electron chi connectivity index (χ3n) is 3.83. The summed E-state index contributed by atoms with van der Waals surface area (Å²) in [5, 5.41) is 3.28. The Balaban J connectivity index is 1.63. The van der Waals surface area contributed by atoms with Crippen molar-refractivity contribution in [2.24, 2.45) is 5.92 Å². The third-order valence-corrected chi connectivity index (χ3v) is 4.36. The molecule has 2 fully saturated rings. The van der Waals surface area contributed by atoms with Crippen molar-refractivity contribution in [1.82, 2.24) is 10.2 Å². The minimum atomic E-state index is 0.226. The smallest absolute Gasteiger partial charge is 0.226 e. The van der Waals surface area contributed by atoms with Crippen LogP contribution in [0.4, 0.5) is 0 Å². The molecule has 1 heterocycles. The maximum atomic E-state index is 12.3. The number of carbonyl (C=O) groups excluding carboxylic acids is 1. The van der Waals surface area contributed by atoms with Crippen molar-refractivity contribution in [3.8, 4) is 0 Å². The summed E-state index contributed by atoms with van der Waals surface area (Å²) < 4.78 is 1.09. The highest BCUT2D eigenvalue weighted by atomic mass is 79.9. The summed E-state index contributed by atoms with van der Waals surface area (Å²) in [5.41, 5.74) is 1.30. The molecule has 2 atom stereocenters. The Labute approximate surface area is 116 Å². The molecule has 0 aromatic heterocycles. The Hall–Kier alpha value is -0.870. The first kappa shape index (κ1) is 12.2. The van der Waals surface area contributed by atoms with Gasteiger partial charge in [-0.15, -0.1) is 0 Å². The van der Waals surface area contributed by atoms with E-state index in [1.165, 1.54) is 5.56 Å². The average molecular weight is 309 g/mol. The molecule has 2 aliphatic rings. The SMILES string of the molecule is O=C([C@H]1C[C@H]1c1ccc(Br)cc1)N1CCNCC1. The van der Waals surface area contributed by atoms with Crippen molar-refractivity contribution in [3.63, 3.8) is 0 Å². The fourth-order valence-corrected chi connectivity index (χ4v) is 2.93. The van der Waals surface area contributed by atoms with Gasteiger partial charge in [0.2, 0.25) is 5.91 Å². The first-order valence-corrected chi connectivity index (χ1v) is 7.30. The normalized spacial score (nSPS) is 27.1. The van der Waals surface area contributed by atoms with E-state index in [0.29, 0.717) is 11.8 Å². The van der Waals surface area contributed by atoms with Crippen LogP contribution in [0.1, 0.15) is 17.9 Å². The molecule has 18 heavy (non-hydrogen) atoms. The second kappa shape index (κ2) is 5.02. The number of carbonyl (C=O) groups is 1. The van der Waals surface area contributed by atoms with Gasteiger partial charge in [-0.1, -0.05) is 28.1 Å². The van der Waals surface area contributed by atoms with Gasteiger partial charge in [-0.3, -0.25) is 4.79 Å². The second-order valence-corrected chi connectivity index (χ2v) is 5.99. The minimum absolute atomic E-state index is 0.226. The summed E-state index contributed by atoms with van der Waals surface area (Å²) in [6, 6.07) is 8.36. The number of rotatable bonds is 2. The molecule has 1 aromatic rings. The van der Waals surface area contributed by atoms with Gasteiger partial charge in [0.25, 0.3) is 0 Å². The molecular weight excluding hydrogens is 292 g/mol. The van der Waals surface area contributed by atoms with Crippen molar-refractivity contribution < 1.29 is 4.79 Å². The van der Waals surface area contributed by atoms with E-state index in [0.717, 1.165) is 37.1 Å². The highest BCUT2D eigenvalue weighted by Crippen LogP contribution is 2.48. The van der Waals surface area contributed by atoms with Crippen LogP contribution in [0.5, 0.6) is 0 Å². The largest absolute Gasteiger partial charge is 0.340 e. The number of hydrogen-bond acceptors (Lipinski definition) is 2. The number of hydrogen-bond donors (Lipinski definition) is 1. The summed E-state index contributed by atoms with van der Waals surface area (Å²) in [7, 11) is 0. The zero-order valence-electron chi connectivity index (χ0n) is 10.2. The monoisotopic (exact) mass is 308 g/mol. The Morgan fingerprint density at radius 3 is 2.56 bits per heavy atom. The molecule has 1 aliphatic carbocycles. The standard InChI is InChI=1S/C14H17BrN2O/c15-11-3-1-10(2-4-11)12-9-13(12)14(18)17-7-5-16-6-8-17/h1-4,12-13,16H,5-9H2/t12-,13-/m0/s1. The van der Waals surface area contributed by atoms with Crippen LogP contribution in [0, 0.1) is 5.92 Å². The van der Waals surface area contributed by atoms with Crippen LogP contribution >= 0.6 is 15.9 Å². The predicted molar refractivity (Wildman–Crippen MR) is 74.4 cm³/mol. The zero-order chi connectivity index (χ0) is 12.5. The van der Waals surface area contributed by atoms with Crippen molar-refractivity contribution in [2.45, 2.75) is 12.3 Å². The molecule has 1 aromatic carbocycles. The summed E-state index contributed by atoms with van der Waals surface area (Å²) in [6.07, 6.45) is 1.02. The van der Waals surface area contributed by atoms with E-state index in [2.05, 4.69) is 45.5 Å². The summed E-state index contributed by atoms with van der Waals surface area (Å²) >= 11 is 3.44. The van der Waals surface area contributed by atoms with E-state index in [-0.39, 0.29) is 5.92 Å². The number of nitrogens with one attached hydrogen (secondary N) is 1. The topological polar surface area (TPSA) is 32.3 Å². The fourth-order valence-electron chi connectivity index (χ4n) is 2.67. The molecule has 0 bridgehead atoms. The Kier molecular flexibility index (Phi) is 3.39. The average Bonchev–Trinajstić information content (AvgIpc) is 3.20. The molecule has 1 saturated heterocycles. The van der Waals surface area contributed by atoms with Gasteiger partial charge in [0.05, 0.1) is 0 Å². The Morgan fingerprint density at radius 2 is 1.89 bits per heavy atom. The first-order chi connectivity index (χ1) is 8.75. The van der Waals surface area contributed by atoms with Gasteiger partial charge in [-0.2, -0.15) is 0 Å². The van der Waals surface area contributed by atoms with Crippen LogP contribution in [-0.4, -0.2) is 37.0 Å². The van der Waals surface area contributed by atoms with Crippen LogP contribution in [0.25, 0.3) is 0 Å². The molecule has 1 aliphatic heterocycles. The maximum Gasteiger partial charge on any atom is 0.226 e. The van der Waals surface area contributed by atoms with Gasteiger partial charge >= 0.3 is 0 Å². The van der Waals surface area contributed by atoms with Gasteiger partial charge in [-0.25, -0.2) is 0 Å². The van der Waals surface area contributed by atoms with Crippen LogP contribution in [0.3, 0.4) is 0 Å². The highest BCUT2D eigenvalue weighted by molar-refractivity contribution is 9.10. The third kappa shape index (κ3) is 2.45. The molecule has 3 rings (SSSR count). The van der Waals surface area contributed by atoms with Crippen molar-refractivity contribution in [3.05, 3.63) is 34.3 Å². The lowest BCUT2D eigenvalue weighted by Gasteiger charge is -2.27. The van der Waals surface area contributed by atoms with Crippen LogP contribution in [-0.2, 0) is 4.79 Å². The number of amides is 1. The van der Waals surface area contributed by atoms with Gasteiger partial charge < -0.3 is 10.2 Å². The number of halogens is 1.